The third-order valence-electron chi connectivity index (χ3n) is 7.31. The van der Waals surface area contributed by atoms with E-state index in [4.69, 9.17) is 23.6 Å². The summed E-state index contributed by atoms with van der Waals surface area (Å²) in [6, 6.07) is 50.6. The Morgan fingerprint density at radius 1 is 0.390 bits per heavy atom. The van der Waals surface area contributed by atoms with Crippen LogP contribution in [0.15, 0.2) is 170 Å². The Bertz CT molecular complexity index is 1640. The fraction of sp³-hybridized carbons (Fsp3) is 0.0278. The summed E-state index contributed by atoms with van der Waals surface area (Å²) in [6.07, 6.45) is 4.54. The highest BCUT2D eigenvalue weighted by molar-refractivity contribution is 8.26. The van der Waals surface area contributed by atoms with Gasteiger partial charge in [0.15, 0.2) is 18.9 Å². The quantitative estimate of drug-likeness (QED) is 0.167. The Balaban J connectivity index is 1.66. The average molecular weight is 603 g/mol. The second-order valence-electron chi connectivity index (χ2n) is 9.97. The predicted octanol–water partition coefficient (Wildman–Crippen LogP) is 5.53. The molecule has 1 heterocycles. The van der Waals surface area contributed by atoms with Crippen molar-refractivity contribution in [1.29, 1.82) is 0 Å². The smallest absolute Gasteiger partial charge is 0.178 e. The summed E-state index contributed by atoms with van der Waals surface area (Å²) >= 11 is 13.6. The fourth-order valence-electron chi connectivity index (χ4n) is 5.28. The van der Waals surface area contributed by atoms with Crippen molar-refractivity contribution in [2.75, 3.05) is 0 Å². The lowest BCUT2D eigenvalue weighted by atomic mass is 10.2. The molecule has 0 radical (unpaired) electrons. The SMILES string of the molecule is S=P(c1ccccc1)(c1ccccc1)c1cc(P(=S)(c2ccccc2)c2ccccc2)c[n+](Cc2ccccc2)c1. The van der Waals surface area contributed by atoms with Crippen molar-refractivity contribution in [3.8, 4) is 0 Å². The van der Waals surface area contributed by atoms with Crippen molar-refractivity contribution in [2.24, 2.45) is 0 Å². The Morgan fingerprint density at radius 2 is 0.683 bits per heavy atom. The molecule has 0 saturated heterocycles. The summed E-state index contributed by atoms with van der Waals surface area (Å²) < 4.78 is 2.31. The second kappa shape index (κ2) is 12.2. The van der Waals surface area contributed by atoms with Gasteiger partial charge in [0.2, 0.25) is 0 Å². The normalized spacial score (nSPS) is 11.7. The summed E-state index contributed by atoms with van der Waals surface area (Å²) in [5, 5.41) is 7.02. The van der Waals surface area contributed by atoms with Crippen LogP contribution >= 0.6 is 12.1 Å². The van der Waals surface area contributed by atoms with E-state index in [1.165, 1.54) is 26.8 Å². The van der Waals surface area contributed by atoms with E-state index >= 15 is 0 Å². The van der Waals surface area contributed by atoms with Crippen molar-refractivity contribution in [3.05, 3.63) is 176 Å². The molecule has 0 unspecified atom stereocenters. The largest absolute Gasteiger partial charge is 0.199 e. The molecule has 0 fully saturated rings. The highest BCUT2D eigenvalue weighted by Gasteiger charge is 2.33. The van der Waals surface area contributed by atoms with Crippen LogP contribution in [-0.2, 0) is 30.2 Å². The van der Waals surface area contributed by atoms with Crippen molar-refractivity contribution in [1.82, 2.24) is 0 Å². The van der Waals surface area contributed by atoms with Gasteiger partial charge in [0, 0.05) is 17.6 Å². The van der Waals surface area contributed by atoms with Crippen LogP contribution in [0.3, 0.4) is 0 Å². The van der Waals surface area contributed by atoms with Gasteiger partial charge in [-0.15, -0.1) is 0 Å². The van der Waals surface area contributed by atoms with Crippen molar-refractivity contribution in [3.63, 3.8) is 0 Å². The molecule has 5 heteroatoms. The first-order valence-electron chi connectivity index (χ1n) is 13.6. The number of pyridine rings is 1. The molecule has 200 valence electrons. The molecule has 6 rings (SSSR count). The number of hydrogen-bond donors (Lipinski definition) is 0. The van der Waals surface area contributed by atoms with Gasteiger partial charge in [0.05, 0.1) is 10.6 Å². The zero-order valence-electron chi connectivity index (χ0n) is 22.5. The number of rotatable bonds is 8. The maximum absolute atomic E-state index is 6.82. The number of hydrogen-bond acceptors (Lipinski definition) is 2. The Labute approximate surface area is 253 Å². The molecule has 0 aliphatic rings. The van der Waals surface area contributed by atoms with Crippen molar-refractivity contribution >= 4 is 67.5 Å². The third kappa shape index (κ3) is 5.56. The van der Waals surface area contributed by atoms with Gasteiger partial charge in [0.25, 0.3) is 0 Å². The van der Waals surface area contributed by atoms with Crippen LogP contribution in [0.4, 0.5) is 0 Å². The van der Waals surface area contributed by atoms with Crippen LogP contribution in [0.1, 0.15) is 5.56 Å². The van der Waals surface area contributed by atoms with Crippen molar-refractivity contribution < 1.29 is 4.57 Å². The molecule has 0 N–H and O–H groups in total. The lowest BCUT2D eigenvalue weighted by Gasteiger charge is -2.27. The highest BCUT2D eigenvalue weighted by atomic mass is 32.4. The van der Waals surface area contributed by atoms with Gasteiger partial charge in [-0.3, -0.25) is 0 Å². The molecule has 5 aromatic carbocycles. The van der Waals surface area contributed by atoms with Crippen LogP contribution in [-0.4, -0.2) is 0 Å². The summed E-state index contributed by atoms with van der Waals surface area (Å²) in [4.78, 5) is 0. The lowest BCUT2D eigenvalue weighted by molar-refractivity contribution is -0.686. The van der Waals surface area contributed by atoms with Crippen LogP contribution in [0, 0.1) is 0 Å². The first-order valence-corrected chi connectivity index (χ1v) is 19.2. The third-order valence-corrected chi connectivity index (χ3v) is 17.1. The van der Waals surface area contributed by atoms with Gasteiger partial charge in [-0.2, -0.15) is 4.57 Å². The van der Waals surface area contributed by atoms with E-state index in [1.807, 2.05) is 0 Å². The molecular formula is C36H30NP2S2+. The molecule has 0 aliphatic heterocycles. The zero-order chi connectivity index (χ0) is 28.1. The maximum Gasteiger partial charge on any atom is 0.178 e. The first-order chi connectivity index (χ1) is 20.1. The van der Waals surface area contributed by atoms with E-state index in [0.29, 0.717) is 0 Å². The number of nitrogens with zero attached hydrogens (tertiary/aromatic N) is 1. The van der Waals surface area contributed by atoms with E-state index in [0.717, 1.165) is 17.2 Å². The van der Waals surface area contributed by atoms with Crippen LogP contribution in [0.25, 0.3) is 0 Å². The number of aromatic nitrogens is 1. The summed E-state index contributed by atoms with van der Waals surface area (Å²) in [7, 11) is 0. The minimum atomic E-state index is -2.40. The first kappa shape index (κ1) is 27.7. The molecule has 0 bridgehead atoms. The summed E-state index contributed by atoms with van der Waals surface area (Å²) in [5.74, 6) is 0. The monoisotopic (exact) mass is 602 g/mol. The molecule has 0 atom stereocenters. The molecule has 0 amide bonds. The van der Waals surface area contributed by atoms with Gasteiger partial charge in [-0.05, 0) is 27.3 Å². The summed E-state index contributed by atoms with van der Waals surface area (Å²) in [5.41, 5.74) is 1.24. The molecule has 6 aromatic rings. The van der Waals surface area contributed by atoms with Crippen LogP contribution in [0.5, 0.6) is 0 Å². The minimum absolute atomic E-state index is 0.736. The highest BCUT2D eigenvalue weighted by Crippen LogP contribution is 2.45. The Kier molecular flexibility index (Phi) is 8.24. The predicted molar refractivity (Wildman–Crippen MR) is 184 cm³/mol. The second-order valence-corrected chi connectivity index (χ2v) is 18.8. The van der Waals surface area contributed by atoms with E-state index < -0.39 is 12.1 Å². The van der Waals surface area contributed by atoms with Gasteiger partial charge in [-0.25, -0.2) is 0 Å². The molecule has 0 spiro atoms. The van der Waals surface area contributed by atoms with Gasteiger partial charge >= 0.3 is 0 Å². The zero-order valence-corrected chi connectivity index (χ0v) is 26.0. The van der Waals surface area contributed by atoms with Crippen molar-refractivity contribution in [2.45, 2.75) is 6.54 Å². The Hall–Kier alpha value is -3.45. The molecule has 41 heavy (non-hydrogen) atoms. The van der Waals surface area contributed by atoms with E-state index in [2.05, 4.69) is 175 Å². The standard InChI is InChI=1S/C36H30NP2S2/c40-38(31-18-8-2-9-19-31,32-20-10-3-11-21-32)35-26-36(29-37(28-35)27-30-16-6-1-7-17-30)39(41,33-22-12-4-13-23-33)34-24-14-5-15-25-34/h1-26,28-29H,27H2/q+1. The number of benzene rings is 5. The fourth-order valence-corrected chi connectivity index (χ4v) is 12.9. The molecule has 0 saturated carbocycles. The van der Waals surface area contributed by atoms with E-state index in [1.54, 1.807) is 0 Å². The minimum Gasteiger partial charge on any atom is -0.199 e. The van der Waals surface area contributed by atoms with Gasteiger partial charge in [-0.1, -0.05) is 175 Å². The topological polar surface area (TPSA) is 3.88 Å². The van der Waals surface area contributed by atoms with E-state index in [9.17, 15) is 0 Å². The molecular weight excluding hydrogens is 572 g/mol. The van der Waals surface area contributed by atoms with Gasteiger partial charge < -0.3 is 0 Å². The summed E-state index contributed by atoms with van der Waals surface area (Å²) in [6.45, 7) is 0.736. The Morgan fingerprint density at radius 3 is 1.00 bits per heavy atom. The van der Waals surface area contributed by atoms with Crippen LogP contribution < -0.4 is 36.4 Å². The van der Waals surface area contributed by atoms with E-state index in [-0.39, 0.29) is 0 Å². The molecule has 1 nitrogen and oxygen atoms in total. The van der Waals surface area contributed by atoms with Gasteiger partial charge in [0.1, 0.15) is 0 Å². The molecule has 0 aliphatic carbocycles. The average Bonchev–Trinajstić information content (AvgIpc) is 3.06. The van der Waals surface area contributed by atoms with Crippen LogP contribution in [0.2, 0.25) is 0 Å². The molecule has 1 aromatic heterocycles. The lowest BCUT2D eigenvalue weighted by Crippen LogP contribution is -2.44. The maximum atomic E-state index is 6.82.